The fourth-order valence-corrected chi connectivity index (χ4v) is 1.85. The van der Waals surface area contributed by atoms with Crippen LogP contribution >= 0.6 is 34.8 Å². The lowest BCUT2D eigenvalue weighted by molar-refractivity contribution is 1.18. The summed E-state index contributed by atoms with van der Waals surface area (Å²) >= 11 is 7.06. The van der Waals surface area contributed by atoms with Crippen molar-refractivity contribution in [2.24, 2.45) is 5.73 Å². The molecule has 0 aliphatic rings. The molecule has 0 unspecified atom stereocenters. The van der Waals surface area contributed by atoms with E-state index in [1.807, 2.05) is 24.3 Å². The van der Waals surface area contributed by atoms with Crippen LogP contribution in [0.1, 0.15) is 5.69 Å². The molecule has 0 spiro atoms. The van der Waals surface area contributed by atoms with E-state index in [1.54, 1.807) is 12.4 Å². The van der Waals surface area contributed by atoms with Crippen LogP contribution in [0.4, 0.5) is 11.5 Å². The monoisotopic (exact) mass is 356 g/mol. The van der Waals surface area contributed by atoms with Crippen molar-refractivity contribution in [3.63, 3.8) is 0 Å². The minimum absolute atomic E-state index is 0.248. The van der Waals surface area contributed by atoms with Crippen LogP contribution in [0.25, 0.3) is 0 Å². The Labute approximate surface area is 118 Å². The predicted octanol–water partition coefficient (Wildman–Crippen LogP) is 2.46. The van der Waals surface area contributed by atoms with Crippen LogP contribution in [0.2, 0.25) is 0 Å². The molecule has 0 bridgehead atoms. The first-order valence-corrected chi connectivity index (χ1v) is 6.29. The fraction of sp³-hybridized carbons (Fsp3) is 0. The van der Waals surface area contributed by atoms with E-state index in [4.69, 9.17) is 18.0 Å². The minimum Gasteiger partial charge on any atom is -0.388 e. The molecule has 2 rings (SSSR count). The number of rotatable bonds is 3. The topological polar surface area (TPSA) is 63.8 Å². The molecule has 0 aliphatic heterocycles. The van der Waals surface area contributed by atoms with Crippen LogP contribution in [0, 0.1) is 3.57 Å². The number of benzene rings is 1. The molecule has 0 fully saturated rings. The summed E-state index contributed by atoms with van der Waals surface area (Å²) in [6.45, 7) is 0. The van der Waals surface area contributed by atoms with Crippen molar-refractivity contribution in [2.75, 3.05) is 5.32 Å². The molecule has 0 saturated heterocycles. The van der Waals surface area contributed by atoms with Gasteiger partial charge in [0.25, 0.3) is 0 Å². The molecule has 86 valence electrons. The first-order valence-electron chi connectivity index (χ1n) is 4.80. The van der Waals surface area contributed by atoms with Gasteiger partial charge in [-0.25, -0.2) is 9.97 Å². The highest BCUT2D eigenvalue weighted by Crippen LogP contribution is 2.20. The van der Waals surface area contributed by atoms with Crippen LogP contribution in [0.3, 0.4) is 0 Å². The van der Waals surface area contributed by atoms with Gasteiger partial charge in [0.15, 0.2) is 0 Å². The summed E-state index contributed by atoms with van der Waals surface area (Å²) < 4.78 is 1.12. The average molecular weight is 356 g/mol. The third-order valence-electron chi connectivity index (χ3n) is 2.04. The summed E-state index contributed by atoms with van der Waals surface area (Å²) in [4.78, 5) is 8.55. The molecule has 4 nitrogen and oxygen atoms in total. The largest absolute Gasteiger partial charge is 0.388 e. The highest BCUT2D eigenvalue weighted by Gasteiger charge is 2.02. The Bertz CT molecular complexity index is 541. The molecule has 1 aromatic heterocycles. The first kappa shape index (κ1) is 12.2. The van der Waals surface area contributed by atoms with Crippen molar-refractivity contribution in [2.45, 2.75) is 0 Å². The van der Waals surface area contributed by atoms with Crippen molar-refractivity contribution in [3.05, 3.63) is 45.9 Å². The lowest BCUT2D eigenvalue weighted by Gasteiger charge is -2.07. The maximum atomic E-state index is 5.45. The molecule has 3 N–H and O–H groups in total. The Morgan fingerprint density at radius 2 is 2.00 bits per heavy atom. The van der Waals surface area contributed by atoms with E-state index in [0.29, 0.717) is 11.5 Å². The SMILES string of the molecule is NC(=S)c1cnc(Nc2ccccc2I)cn1. The molecule has 2 aromatic rings. The number of hydrogen-bond acceptors (Lipinski definition) is 4. The maximum absolute atomic E-state index is 5.45. The van der Waals surface area contributed by atoms with E-state index in [2.05, 4.69) is 37.9 Å². The number of hydrogen-bond donors (Lipinski definition) is 2. The predicted molar refractivity (Wildman–Crippen MR) is 80.4 cm³/mol. The number of aromatic nitrogens is 2. The number of nitrogens with zero attached hydrogens (tertiary/aromatic N) is 2. The van der Waals surface area contributed by atoms with Gasteiger partial charge in [-0.15, -0.1) is 0 Å². The molecule has 0 atom stereocenters. The van der Waals surface area contributed by atoms with Gasteiger partial charge in [0.2, 0.25) is 0 Å². The van der Waals surface area contributed by atoms with Crippen molar-refractivity contribution in [1.29, 1.82) is 0 Å². The Morgan fingerprint density at radius 1 is 1.24 bits per heavy atom. The van der Waals surface area contributed by atoms with Gasteiger partial charge in [0, 0.05) is 3.57 Å². The molecule has 1 heterocycles. The molecule has 1 aromatic carbocycles. The summed E-state index contributed by atoms with van der Waals surface area (Å²) in [6.07, 6.45) is 3.16. The van der Waals surface area contributed by atoms with Crippen molar-refractivity contribution < 1.29 is 0 Å². The fourth-order valence-electron chi connectivity index (χ4n) is 1.22. The van der Waals surface area contributed by atoms with Crippen molar-refractivity contribution in [3.8, 4) is 0 Å². The van der Waals surface area contributed by atoms with E-state index < -0.39 is 0 Å². The van der Waals surface area contributed by atoms with Gasteiger partial charge in [0.1, 0.15) is 16.5 Å². The van der Waals surface area contributed by atoms with Gasteiger partial charge in [-0.1, -0.05) is 24.4 Å². The molecule has 6 heteroatoms. The van der Waals surface area contributed by atoms with Crippen molar-refractivity contribution >= 4 is 51.3 Å². The smallest absolute Gasteiger partial charge is 0.148 e. The second kappa shape index (κ2) is 5.37. The number of nitrogens with one attached hydrogen (secondary N) is 1. The summed E-state index contributed by atoms with van der Waals surface area (Å²) in [5.74, 6) is 0.661. The van der Waals surface area contributed by atoms with Crippen LogP contribution in [-0.4, -0.2) is 15.0 Å². The highest BCUT2D eigenvalue weighted by atomic mass is 127. The van der Waals surface area contributed by atoms with Gasteiger partial charge in [-0.3, -0.25) is 0 Å². The molecule has 0 saturated carbocycles. The Kier molecular flexibility index (Phi) is 3.85. The Hall–Kier alpha value is -1.28. The second-order valence-corrected chi connectivity index (χ2v) is 4.86. The lowest BCUT2D eigenvalue weighted by atomic mass is 10.3. The van der Waals surface area contributed by atoms with Gasteiger partial charge < -0.3 is 11.1 Å². The van der Waals surface area contributed by atoms with Crippen molar-refractivity contribution in [1.82, 2.24) is 9.97 Å². The molecule has 0 aliphatic carbocycles. The zero-order chi connectivity index (χ0) is 12.3. The van der Waals surface area contributed by atoms with Crippen LogP contribution in [0.15, 0.2) is 36.7 Å². The quantitative estimate of drug-likeness (QED) is 0.654. The van der Waals surface area contributed by atoms with E-state index in [-0.39, 0.29) is 4.99 Å². The maximum Gasteiger partial charge on any atom is 0.148 e. The number of thiocarbonyl (C=S) groups is 1. The zero-order valence-corrected chi connectivity index (χ0v) is 11.7. The molecule has 0 radical (unpaired) electrons. The third-order valence-corrected chi connectivity index (χ3v) is 3.19. The lowest BCUT2D eigenvalue weighted by Crippen LogP contribution is -2.12. The van der Waals surface area contributed by atoms with Gasteiger partial charge in [-0.05, 0) is 34.7 Å². The zero-order valence-electron chi connectivity index (χ0n) is 8.72. The first-order chi connectivity index (χ1) is 8.16. The molecule has 0 amide bonds. The van der Waals surface area contributed by atoms with E-state index >= 15 is 0 Å². The Balaban J connectivity index is 2.20. The molecular formula is C11H9IN4S. The van der Waals surface area contributed by atoms with E-state index in [0.717, 1.165) is 9.26 Å². The van der Waals surface area contributed by atoms with Gasteiger partial charge in [-0.2, -0.15) is 0 Å². The van der Waals surface area contributed by atoms with Crippen LogP contribution in [-0.2, 0) is 0 Å². The Morgan fingerprint density at radius 3 is 2.59 bits per heavy atom. The van der Waals surface area contributed by atoms with Gasteiger partial charge >= 0.3 is 0 Å². The number of anilines is 2. The van der Waals surface area contributed by atoms with Crippen LogP contribution in [0.5, 0.6) is 0 Å². The summed E-state index contributed by atoms with van der Waals surface area (Å²) in [7, 11) is 0. The van der Waals surface area contributed by atoms with Gasteiger partial charge in [0.05, 0.1) is 18.1 Å². The molecular weight excluding hydrogens is 347 g/mol. The van der Waals surface area contributed by atoms with E-state index in [1.165, 1.54) is 0 Å². The van der Waals surface area contributed by atoms with Crippen LogP contribution < -0.4 is 11.1 Å². The minimum atomic E-state index is 0.248. The third kappa shape index (κ3) is 3.10. The number of nitrogens with two attached hydrogens (primary N) is 1. The number of halogens is 1. The summed E-state index contributed by atoms with van der Waals surface area (Å²) in [5.41, 5.74) is 6.96. The normalized spacial score (nSPS) is 9.94. The highest BCUT2D eigenvalue weighted by molar-refractivity contribution is 14.1. The number of para-hydroxylation sites is 1. The molecule has 17 heavy (non-hydrogen) atoms. The summed E-state index contributed by atoms with van der Waals surface area (Å²) in [6, 6.07) is 7.93. The standard InChI is InChI=1S/C11H9IN4S/c12-7-3-1-2-4-8(7)16-10-6-14-9(5-15-10)11(13)17/h1-6H,(H2,13,17)(H,15,16). The van der Waals surface area contributed by atoms with E-state index in [9.17, 15) is 0 Å². The second-order valence-electron chi connectivity index (χ2n) is 3.26. The average Bonchev–Trinajstić information content (AvgIpc) is 2.33. The summed E-state index contributed by atoms with van der Waals surface area (Å²) in [5, 5.41) is 3.17.